The van der Waals surface area contributed by atoms with E-state index in [0.717, 1.165) is 0 Å². The fourth-order valence-corrected chi connectivity index (χ4v) is 1.01. The highest BCUT2D eigenvalue weighted by molar-refractivity contribution is 6.05. The van der Waals surface area contributed by atoms with Crippen LogP contribution >= 0.6 is 0 Å². The van der Waals surface area contributed by atoms with Gasteiger partial charge in [0.05, 0.1) is 0 Å². The van der Waals surface area contributed by atoms with Gasteiger partial charge < -0.3 is 4.81 Å². The molecule has 0 atom stereocenters. The summed E-state index contributed by atoms with van der Waals surface area (Å²) < 4.78 is 0. The first-order valence-electron chi connectivity index (χ1n) is 3.71. The molecule has 2 heteroatoms. The first kappa shape index (κ1) is 10.0. The SMILES string of the molecule is [B]N(C(C)(C)C)C(C)(C)C. The number of rotatable bonds is 0. The summed E-state index contributed by atoms with van der Waals surface area (Å²) in [5.41, 5.74) is 0.108. The van der Waals surface area contributed by atoms with Crippen molar-refractivity contribution in [2.24, 2.45) is 0 Å². The van der Waals surface area contributed by atoms with Crippen LogP contribution in [-0.2, 0) is 0 Å². The molecule has 2 radical (unpaired) electrons. The van der Waals surface area contributed by atoms with E-state index >= 15 is 0 Å². The van der Waals surface area contributed by atoms with E-state index < -0.39 is 0 Å². The van der Waals surface area contributed by atoms with Crippen LogP contribution in [0.25, 0.3) is 0 Å². The molecule has 0 fully saturated rings. The molecule has 0 unspecified atom stereocenters. The van der Waals surface area contributed by atoms with Gasteiger partial charge in [0, 0.05) is 11.1 Å². The maximum atomic E-state index is 5.86. The molecule has 0 N–H and O–H groups in total. The summed E-state index contributed by atoms with van der Waals surface area (Å²) in [4.78, 5) is 1.88. The molecule has 10 heavy (non-hydrogen) atoms. The van der Waals surface area contributed by atoms with Gasteiger partial charge in [0.15, 0.2) is 7.98 Å². The Morgan fingerprint density at radius 3 is 1.00 bits per heavy atom. The van der Waals surface area contributed by atoms with Crippen molar-refractivity contribution in [3.05, 3.63) is 0 Å². The van der Waals surface area contributed by atoms with Crippen molar-refractivity contribution in [2.45, 2.75) is 52.6 Å². The third-order valence-electron chi connectivity index (χ3n) is 1.45. The van der Waals surface area contributed by atoms with E-state index in [1.165, 1.54) is 0 Å². The number of hydrogen-bond acceptors (Lipinski definition) is 1. The van der Waals surface area contributed by atoms with E-state index in [4.69, 9.17) is 7.98 Å². The fourth-order valence-electron chi connectivity index (χ4n) is 1.01. The maximum Gasteiger partial charge on any atom is 0.183 e. The Hall–Kier alpha value is 0.0249. The van der Waals surface area contributed by atoms with Gasteiger partial charge in [-0.2, -0.15) is 0 Å². The van der Waals surface area contributed by atoms with E-state index in [1.54, 1.807) is 0 Å². The Labute approximate surface area is 66.2 Å². The van der Waals surface area contributed by atoms with Crippen molar-refractivity contribution < 1.29 is 0 Å². The van der Waals surface area contributed by atoms with Crippen LogP contribution in [0.2, 0.25) is 0 Å². The van der Waals surface area contributed by atoms with Crippen molar-refractivity contribution in [3.63, 3.8) is 0 Å². The third kappa shape index (κ3) is 2.74. The summed E-state index contributed by atoms with van der Waals surface area (Å²) in [6.07, 6.45) is 0. The molecule has 0 heterocycles. The van der Waals surface area contributed by atoms with Crippen molar-refractivity contribution in [3.8, 4) is 0 Å². The van der Waals surface area contributed by atoms with Crippen LogP contribution in [0.1, 0.15) is 41.5 Å². The third-order valence-corrected chi connectivity index (χ3v) is 1.45. The minimum Gasteiger partial charge on any atom is -0.345 e. The summed E-state index contributed by atoms with van der Waals surface area (Å²) in [5, 5.41) is 0. The minimum absolute atomic E-state index is 0.0538. The first-order chi connectivity index (χ1) is 4.15. The van der Waals surface area contributed by atoms with Gasteiger partial charge in [-0.25, -0.2) is 0 Å². The number of nitrogens with zero attached hydrogens (tertiary/aromatic N) is 1. The molecule has 0 saturated carbocycles. The molecule has 0 aromatic rings. The van der Waals surface area contributed by atoms with Crippen LogP contribution in [0.4, 0.5) is 0 Å². The maximum absolute atomic E-state index is 5.86. The smallest absolute Gasteiger partial charge is 0.183 e. The molecule has 58 valence electrons. The van der Waals surface area contributed by atoms with Crippen LogP contribution < -0.4 is 0 Å². The summed E-state index contributed by atoms with van der Waals surface area (Å²) in [5.74, 6) is 0. The molecule has 0 aromatic heterocycles. The Morgan fingerprint density at radius 2 is 1.00 bits per heavy atom. The lowest BCUT2D eigenvalue weighted by Crippen LogP contribution is -2.50. The minimum atomic E-state index is 0.0538. The van der Waals surface area contributed by atoms with Crippen LogP contribution in [0, 0.1) is 0 Å². The monoisotopic (exact) mass is 139 g/mol. The Balaban J connectivity index is 4.23. The number of hydrogen-bond donors (Lipinski definition) is 0. The molecule has 1 nitrogen and oxygen atoms in total. The predicted molar refractivity (Wildman–Crippen MR) is 47.1 cm³/mol. The lowest BCUT2D eigenvalue weighted by molar-refractivity contribution is 0.144. The van der Waals surface area contributed by atoms with Crippen LogP contribution in [0.5, 0.6) is 0 Å². The Kier molecular flexibility index (Phi) is 2.58. The molecule has 0 bridgehead atoms. The standard InChI is InChI=1S/C8H18BN/c1-7(2,3)10(9)8(4,5)6/h1-6H3. The molecule has 0 rings (SSSR count). The topological polar surface area (TPSA) is 3.24 Å². The van der Waals surface area contributed by atoms with Gasteiger partial charge in [-0.05, 0) is 41.5 Å². The second-order valence-corrected chi connectivity index (χ2v) is 4.71. The van der Waals surface area contributed by atoms with Crippen molar-refractivity contribution in [1.82, 2.24) is 4.81 Å². The van der Waals surface area contributed by atoms with Gasteiger partial charge in [-0.3, -0.25) is 0 Å². The highest BCUT2D eigenvalue weighted by Gasteiger charge is 2.26. The average molecular weight is 139 g/mol. The zero-order valence-electron chi connectivity index (χ0n) is 8.02. The zero-order valence-corrected chi connectivity index (χ0v) is 8.02. The quantitative estimate of drug-likeness (QED) is 0.463. The summed E-state index contributed by atoms with van der Waals surface area (Å²) in [6.45, 7) is 12.7. The van der Waals surface area contributed by atoms with Crippen molar-refractivity contribution in [2.75, 3.05) is 0 Å². The second kappa shape index (κ2) is 2.57. The summed E-state index contributed by atoms with van der Waals surface area (Å²) in [7, 11) is 5.86. The van der Waals surface area contributed by atoms with E-state index in [9.17, 15) is 0 Å². The lowest BCUT2D eigenvalue weighted by Gasteiger charge is -2.43. The molecule has 0 aliphatic rings. The normalized spacial score (nSPS) is 14.3. The molecule has 0 aliphatic heterocycles. The molecular weight excluding hydrogens is 121 g/mol. The molecule has 0 aromatic carbocycles. The van der Waals surface area contributed by atoms with Gasteiger partial charge in [0.1, 0.15) is 0 Å². The second-order valence-electron chi connectivity index (χ2n) is 4.71. The zero-order chi connectivity index (χ0) is 8.58. The van der Waals surface area contributed by atoms with Gasteiger partial charge in [0.25, 0.3) is 0 Å². The lowest BCUT2D eigenvalue weighted by atomic mass is 9.91. The average Bonchev–Trinajstić information content (AvgIpc) is 1.59. The van der Waals surface area contributed by atoms with Gasteiger partial charge in [0.2, 0.25) is 0 Å². The largest absolute Gasteiger partial charge is 0.345 e. The highest BCUT2D eigenvalue weighted by atomic mass is 15.2. The van der Waals surface area contributed by atoms with Gasteiger partial charge in [-0.1, -0.05) is 0 Å². The fraction of sp³-hybridized carbons (Fsp3) is 1.00. The van der Waals surface area contributed by atoms with Crippen molar-refractivity contribution in [1.29, 1.82) is 0 Å². The van der Waals surface area contributed by atoms with Crippen LogP contribution in [0.15, 0.2) is 0 Å². The Morgan fingerprint density at radius 1 is 0.800 bits per heavy atom. The first-order valence-corrected chi connectivity index (χ1v) is 3.71. The summed E-state index contributed by atoms with van der Waals surface area (Å²) >= 11 is 0. The van der Waals surface area contributed by atoms with E-state index in [-0.39, 0.29) is 11.1 Å². The van der Waals surface area contributed by atoms with E-state index in [1.807, 2.05) is 4.81 Å². The van der Waals surface area contributed by atoms with Crippen molar-refractivity contribution >= 4 is 7.98 Å². The molecule has 0 saturated heterocycles. The molecular formula is C8H18BN. The van der Waals surface area contributed by atoms with Crippen LogP contribution in [-0.4, -0.2) is 23.9 Å². The molecule has 0 amide bonds. The summed E-state index contributed by atoms with van der Waals surface area (Å²) in [6, 6.07) is 0. The van der Waals surface area contributed by atoms with Gasteiger partial charge in [-0.15, -0.1) is 0 Å². The molecule has 0 spiro atoms. The van der Waals surface area contributed by atoms with E-state index in [0.29, 0.717) is 0 Å². The van der Waals surface area contributed by atoms with Crippen LogP contribution in [0.3, 0.4) is 0 Å². The Bertz CT molecular complexity index is 93.4. The molecule has 0 aliphatic carbocycles. The van der Waals surface area contributed by atoms with Gasteiger partial charge >= 0.3 is 0 Å². The predicted octanol–water partition coefficient (Wildman–Crippen LogP) is 1.97. The van der Waals surface area contributed by atoms with E-state index in [2.05, 4.69) is 41.5 Å². The highest BCUT2D eigenvalue weighted by Crippen LogP contribution is 2.20.